The maximum absolute atomic E-state index is 12.5. The quantitative estimate of drug-likeness (QED) is 0.289. The standard InChI is InChI=1S/C30H18N2OS.Li/c33-26-14-13-23(24-8-5-15-31-29(24)26)28-21-7-2-1-6-18(21)16-20-17-19(11-12-22(20)28)30-32-25-9-3-4-10-27(25)34-30;/h1-17,33H;/q;+1. The Labute approximate surface area is 217 Å². The van der Waals surface area contributed by atoms with Crippen LogP contribution in [0.3, 0.4) is 0 Å². The third-order valence-corrected chi connectivity index (χ3v) is 7.55. The van der Waals surface area contributed by atoms with Crippen molar-refractivity contribution in [1.29, 1.82) is 0 Å². The number of pyridine rings is 1. The summed E-state index contributed by atoms with van der Waals surface area (Å²) in [7, 11) is 0. The van der Waals surface area contributed by atoms with Gasteiger partial charge in [0.05, 0.1) is 15.6 Å². The predicted molar refractivity (Wildman–Crippen MR) is 139 cm³/mol. The maximum atomic E-state index is 12.5. The molecule has 0 unspecified atom stereocenters. The molecular formula is C30H18LiN2OS+. The number of nitrogens with zero attached hydrogens (tertiary/aromatic N) is 1. The van der Waals surface area contributed by atoms with Crippen molar-refractivity contribution >= 4 is 54.0 Å². The third kappa shape index (κ3) is 3.50. The van der Waals surface area contributed by atoms with E-state index >= 15 is 0 Å². The number of para-hydroxylation sites is 1. The number of H-pyrrole nitrogens is 1. The van der Waals surface area contributed by atoms with Crippen molar-refractivity contribution in [3.05, 3.63) is 103 Å². The number of rotatable bonds is 2. The minimum atomic E-state index is 0. The molecule has 0 radical (unpaired) electrons. The average molecular weight is 461 g/mol. The van der Waals surface area contributed by atoms with Crippen LogP contribution in [-0.2, 0) is 0 Å². The Balaban J connectivity index is 0.00000229. The van der Waals surface area contributed by atoms with E-state index in [0.717, 1.165) is 43.4 Å². The van der Waals surface area contributed by atoms with E-state index < -0.39 is 0 Å². The largest absolute Gasteiger partial charge is 1.00 e. The van der Waals surface area contributed by atoms with Crippen LogP contribution in [0, 0.1) is 0 Å². The molecule has 0 fully saturated rings. The minimum Gasteiger partial charge on any atom is -0.868 e. The fourth-order valence-corrected chi connectivity index (χ4v) is 5.87. The number of hydrogen-bond acceptors (Lipinski definition) is 3. The van der Waals surface area contributed by atoms with Crippen LogP contribution in [0.25, 0.3) is 64.4 Å². The molecule has 0 aliphatic carbocycles. The van der Waals surface area contributed by atoms with E-state index in [1.165, 1.54) is 15.5 Å². The molecule has 0 aliphatic rings. The monoisotopic (exact) mass is 461 g/mol. The normalized spacial score (nSPS) is 11.3. The van der Waals surface area contributed by atoms with E-state index in [1.54, 1.807) is 23.6 Å². The van der Waals surface area contributed by atoms with Crippen LogP contribution < -0.4 is 29.0 Å². The Morgan fingerprint density at radius 3 is 2.43 bits per heavy atom. The molecule has 0 saturated carbocycles. The molecular weight excluding hydrogens is 443 g/mol. The number of aromatic amines is 1. The van der Waals surface area contributed by atoms with Gasteiger partial charge in [0.25, 0.3) is 0 Å². The van der Waals surface area contributed by atoms with Crippen molar-refractivity contribution in [2.45, 2.75) is 0 Å². The average Bonchev–Trinajstić information content (AvgIpc) is 3.32. The van der Waals surface area contributed by atoms with E-state index in [0.29, 0.717) is 5.52 Å². The molecule has 3 nitrogen and oxygen atoms in total. The number of thiazole rings is 1. The molecule has 1 N–H and O–H groups in total. The van der Waals surface area contributed by atoms with Gasteiger partial charge in [-0.3, -0.25) is 0 Å². The summed E-state index contributed by atoms with van der Waals surface area (Å²) >= 11 is 1.72. The number of benzene rings is 5. The second-order valence-corrected chi connectivity index (χ2v) is 9.50. The Morgan fingerprint density at radius 2 is 1.51 bits per heavy atom. The summed E-state index contributed by atoms with van der Waals surface area (Å²) in [6.45, 7) is 0. The summed E-state index contributed by atoms with van der Waals surface area (Å²) in [5, 5.41) is 19.1. The van der Waals surface area contributed by atoms with Crippen molar-refractivity contribution in [3.8, 4) is 27.4 Å². The van der Waals surface area contributed by atoms with E-state index in [4.69, 9.17) is 4.98 Å². The molecule has 0 amide bonds. The number of fused-ring (bicyclic) bond motifs is 4. The van der Waals surface area contributed by atoms with Gasteiger partial charge >= 0.3 is 18.9 Å². The molecule has 5 aromatic carbocycles. The van der Waals surface area contributed by atoms with Crippen molar-refractivity contribution in [2.24, 2.45) is 0 Å². The minimum absolute atomic E-state index is 0. The van der Waals surface area contributed by atoms with Gasteiger partial charge in [-0.25, -0.2) is 9.97 Å². The van der Waals surface area contributed by atoms with Crippen molar-refractivity contribution in [3.63, 3.8) is 0 Å². The Kier molecular flexibility index (Phi) is 5.31. The smallest absolute Gasteiger partial charge is 0.868 e. The zero-order valence-corrected chi connectivity index (χ0v) is 19.9. The van der Waals surface area contributed by atoms with Crippen molar-refractivity contribution < 1.29 is 29.0 Å². The van der Waals surface area contributed by atoms with Gasteiger partial charge in [-0.05, 0) is 68.8 Å². The summed E-state index contributed by atoms with van der Waals surface area (Å²) in [6.07, 6.45) is 1.80. The third-order valence-electron chi connectivity index (χ3n) is 6.47. The summed E-state index contributed by atoms with van der Waals surface area (Å²) in [5.41, 5.74) is 4.98. The Hall–Kier alpha value is -3.68. The molecule has 0 spiro atoms. The zero-order valence-electron chi connectivity index (χ0n) is 19.1. The molecule has 35 heavy (non-hydrogen) atoms. The first-order chi connectivity index (χ1) is 16.8. The summed E-state index contributed by atoms with van der Waals surface area (Å²) in [4.78, 5) is 8.01. The first-order valence-electron chi connectivity index (χ1n) is 11.2. The molecule has 160 valence electrons. The van der Waals surface area contributed by atoms with Crippen LogP contribution in [0.1, 0.15) is 0 Å². The predicted octanol–water partition coefficient (Wildman–Crippen LogP) is 3.98. The molecule has 7 aromatic rings. The summed E-state index contributed by atoms with van der Waals surface area (Å²) < 4.78 is 1.19. The van der Waals surface area contributed by atoms with Crippen molar-refractivity contribution in [2.75, 3.05) is 0 Å². The van der Waals surface area contributed by atoms with Crippen LogP contribution in [0.2, 0.25) is 0 Å². The first kappa shape index (κ1) is 21.8. The SMILES string of the molecule is [Li+].[O-]c1ccc(-c2c3ccccc3cc3cc(-c4nc5ccccc5s4)ccc23)c2ccc[nH+]c12. The molecule has 0 bridgehead atoms. The van der Waals surface area contributed by atoms with E-state index in [-0.39, 0.29) is 24.6 Å². The maximum Gasteiger partial charge on any atom is 1.00 e. The van der Waals surface area contributed by atoms with Crippen LogP contribution >= 0.6 is 11.3 Å². The summed E-state index contributed by atoms with van der Waals surface area (Å²) in [6, 6.07) is 33.1. The van der Waals surface area contributed by atoms with E-state index in [1.807, 2.05) is 24.3 Å². The van der Waals surface area contributed by atoms with Crippen LogP contribution in [-0.4, -0.2) is 4.98 Å². The molecule has 2 heterocycles. The molecule has 5 heteroatoms. The number of hydrogen-bond donors (Lipinski definition) is 0. The van der Waals surface area contributed by atoms with Crippen LogP contribution in [0.15, 0.2) is 103 Å². The van der Waals surface area contributed by atoms with Crippen molar-refractivity contribution in [1.82, 2.24) is 4.98 Å². The van der Waals surface area contributed by atoms with Gasteiger partial charge in [-0.2, -0.15) is 0 Å². The second-order valence-electron chi connectivity index (χ2n) is 8.47. The zero-order chi connectivity index (χ0) is 22.6. The fourth-order valence-electron chi connectivity index (χ4n) is 4.91. The number of aromatic nitrogens is 2. The van der Waals surface area contributed by atoms with Gasteiger partial charge in [-0.1, -0.05) is 60.7 Å². The molecule has 0 saturated heterocycles. The van der Waals surface area contributed by atoms with Gasteiger partial charge in [-0.15, -0.1) is 11.3 Å². The van der Waals surface area contributed by atoms with Gasteiger partial charge in [0, 0.05) is 11.6 Å². The van der Waals surface area contributed by atoms with Gasteiger partial charge in [0.15, 0.2) is 6.20 Å². The molecule has 7 rings (SSSR count). The Morgan fingerprint density at radius 1 is 0.714 bits per heavy atom. The molecule has 0 aliphatic heterocycles. The molecule has 2 aromatic heterocycles. The fraction of sp³-hybridized carbons (Fsp3) is 0. The van der Waals surface area contributed by atoms with Gasteiger partial charge < -0.3 is 5.11 Å². The van der Waals surface area contributed by atoms with Crippen LogP contribution in [0.5, 0.6) is 5.75 Å². The topological polar surface area (TPSA) is 50.1 Å². The first-order valence-corrected chi connectivity index (χ1v) is 12.0. The Bertz CT molecular complexity index is 1860. The van der Waals surface area contributed by atoms with Gasteiger partial charge in [0.2, 0.25) is 5.52 Å². The molecule has 0 atom stereocenters. The van der Waals surface area contributed by atoms with Crippen LogP contribution in [0.4, 0.5) is 0 Å². The van der Waals surface area contributed by atoms with Gasteiger partial charge in [0.1, 0.15) is 5.01 Å². The van der Waals surface area contributed by atoms with E-state index in [9.17, 15) is 5.11 Å². The van der Waals surface area contributed by atoms with E-state index in [2.05, 4.69) is 71.7 Å². The number of nitrogens with one attached hydrogen (secondary N) is 1. The summed E-state index contributed by atoms with van der Waals surface area (Å²) in [5.74, 6) is 0.00187. The second kappa shape index (κ2) is 8.52.